The lowest BCUT2D eigenvalue weighted by atomic mass is 10.1. The van der Waals surface area contributed by atoms with E-state index in [0.29, 0.717) is 25.3 Å². The van der Waals surface area contributed by atoms with E-state index in [9.17, 15) is 4.79 Å². The van der Waals surface area contributed by atoms with Gasteiger partial charge in [-0.15, -0.1) is 0 Å². The predicted octanol–water partition coefficient (Wildman–Crippen LogP) is 2.68. The third kappa shape index (κ3) is 2.51. The number of nitrogens with zero attached hydrogens (tertiary/aromatic N) is 2. The van der Waals surface area contributed by atoms with Gasteiger partial charge in [-0.3, -0.25) is 9.89 Å². The molecule has 0 unspecified atom stereocenters. The van der Waals surface area contributed by atoms with Crippen LogP contribution in [0.4, 0.5) is 0 Å². The average molecular weight is 311 g/mol. The van der Waals surface area contributed by atoms with E-state index in [1.807, 2.05) is 42.2 Å². The summed E-state index contributed by atoms with van der Waals surface area (Å²) < 4.78 is 11.1. The first-order valence-corrected chi connectivity index (χ1v) is 7.60. The zero-order valence-corrected chi connectivity index (χ0v) is 12.8. The largest absolute Gasteiger partial charge is 0.461 e. The monoisotopic (exact) mass is 311 g/mol. The number of carbonyl (C=O) groups is 1. The van der Waals surface area contributed by atoms with Crippen LogP contribution < -0.4 is 0 Å². The standard InChI is InChI=1S/C17H17N3O3/c1-11-8-13-9-12(2-3-16(13)23-11)17(21)20-6-7-22-10-15(20)14-4-5-18-19-14/h2-5,8-9,15H,6-7,10H2,1H3,(H,18,19)/t15-/m1/s1. The molecule has 1 amide bonds. The smallest absolute Gasteiger partial charge is 0.254 e. The Balaban J connectivity index is 1.67. The molecule has 1 atom stereocenters. The Labute approximate surface area is 133 Å². The van der Waals surface area contributed by atoms with Crippen molar-refractivity contribution < 1.29 is 13.9 Å². The first kappa shape index (κ1) is 14.0. The number of rotatable bonds is 2. The maximum absolute atomic E-state index is 13.0. The number of amides is 1. The highest BCUT2D eigenvalue weighted by molar-refractivity contribution is 5.98. The van der Waals surface area contributed by atoms with Crippen molar-refractivity contribution in [2.75, 3.05) is 19.8 Å². The van der Waals surface area contributed by atoms with Gasteiger partial charge in [-0.25, -0.2) is 0 Å². The van der Waals surface area contributed by atoms with Gasteiger partial charge in [0.2, 0.25) is 0 Å². The predicted molar refractivity (Wildman–Crippen MR) is 84.1 cm³/mol. The molecular weight excluding hydrogens is 294 g/mol. The van der Waals surface area contributed by atoms with Gasteiger partial charge in [0, 0.05) is 23.7 Å². The minimum atomic E-state index is -0.138. The van der Waals surface area contributed by atoms with Gasteiger partial charge in [-0.1, -0.05) is 0 Å². The van der Waals surface area contributed by atoms with Crippen molar-refractivity contribution in [1.82, 2.24) is 15.1 Å². The molecule has 6 heteroatoms. The summed E-state index contributed by atoms with van der Waals surface area (Å²) >= 11 is 0. The fourth-order valence-corrected chi connectivity index (χ4v) is 3.03. The molecule has 1 saturated heterocycles. The molecule has 0 radical (unpaired) electrons. The molecule has 0 aliphatic carbocycles. The maximum Gasteiger partial charge on any atom is 0.254 e. The van der Waals surface area contributed by atoms with E-state index in [1.54, 1.807) is 6.20 Å². The lowest BCUT2D eigenvalue weighted by Crippen LogP contribution is -2.43. The number of hydrogen-bond acceptors (Lipinski definition) is 4. The van der Waals surface area contributed by atoms with Crippen LogP contribution in [0.25, 0.3) is 11.0 Å². The summed E-state index contributed by atoms with van der Waals surface area (Å²) in [7, 11) is 0. The third-order valence-electron chi connectivity index (χ3n) is 4.16. The zero-order chi connectivity index (χ0) is 15.8. The number of morpholine rings is 1. The molecule has 1 fully saturated rings. The Morgan fingerprint density at radius 3 is 3.09 bits per heavy atom. The lowest BCUT2D eigenvalue weighted by Gasteiger charge is -2.35. The summed E-state index contributed by atoms with van der Waals surface area (Å²) in [6, 6.07) is 9.22. The van der Waals surface area contributed by atoms with Crippen LogP contribution in [0.5, 0.6) is 0 Å². The van der Waals surface area contributed by atoms with E-state index in [1.165, 1.54) is 0 Å². The Bertz CT molecular complexity index is 838. The maximum atomic E-state index is 13.0. The number of carbonyl (C=O) groups excluding carboxylic acids is 1. The van der Waals surface area contributed by atoms with Crippen molar-refractivity contribution in [2.24, 2.45) is 0 Å². The van der Waals surface area contributed by atoms with Crippen molar-refractivity contribution in [2.45, 2.75) is 13.0 Å². The molecule has 2 aromatic heterocycles. The van der Waals surface area contributed by atoms with Crippen LogP contribution >= 0.6 is 0 Å². The van der Waals surface area contributed by atoms with Crippen LogP contribution in [0, 0.1) is 6.92 Å². The number of fused-ring (bicyclic) bond motifs is 1. The molecule has 0 spiro atoms. The molecule has 118 valence electrons. The van der Waals surface area contributed by atoms with Gasteiger partial charge in [0.25, 0.3) is 5.91 Å². The van der Waals surface area contributed by atoms with Gasteiger partial charge in [-0.2, -0.15) is 5.10 Å². The summed E-state index contributed by atoms with van der Waals surface area (Å²) in [5.41, 5.74) is 2.34. The third-order valence-corrected chi connectivity index (χ3v) is 4.16. The molecule has 23 heavy (non-hydrogen) atoms. The van der Waals surface area contributed by atoms with E-state index >= 15 is 0 Å². The summed E-state index contributed by atoms with van der Waals surface area (Å²) in [6.07, 6.45) is 1.69. The van der Waals surface area contributed by atoms with Crippen LogP contribution in [-0.2, 0) is 4.74 Å². The van der Waals surface area contributed by atoms with Crippen LogP contribution in [0.15, 0.2) is 40.9 Å². The van der Waals surface area contributed by atoms with Crippen molar-refractivity contribution in [1.29, 1.82) is 0 Å². The first-order valence-electron chi connectivity index (χ1n) is 7.60. The molecule has 4 rings (SSSR count). The number of nitrogens with one attached hydrogen (secondary N) is 1. The van der Waals surface area contributed by atoms with E-state index < -0.39 is 0 Å². The molecule has 1 N–H and O–H groups in total. The molecule has 0 bridgehead atoms. The second-order valence-corrected chi connectivity index (χ2v) is 5.71. The van der Waals surface area contributed by atoms with Gasteiger partial charge in [-0.05, 0) is 37.3 Å². The molecular formula is C17H17N3O3. The molecule has 6 nitrogen and oxygen atoms in total. The molecule has 3 aromatic rings. The number of furan rings is 1. The van der Waals surface area contributed by atoms with Crippen LogP contribution in [-0.4, -0.2) is 40.8 Å². The average Bonchev–Trinajstić information content (AvgIpc) is 3.21. The minimum Gasteiger partial charge on any atom is -0.461 e. The minimum absolute atomic E-state index is 0.00588. The normalized spacial score (nSPS) is 18.5. The van der Waals surface area contributed by atoms with Crippen molar-refractivity contribution in [3.63, 3.8) is 0 Å². The van der Waals surface area contributed by atoms with Crippen molar-refractivity contribution in [3.8, 4) is 0 Å². The van der Waals surface area contributed by atoms with Crippen LogP contribution in [0.2, 0.25) is 0 Å². The Hall–Kier alpha value is -2.60. The number of H-pyrrole nitrogens is 1. The summed E-state index contributed by atoms with van der Waals surface area (Å²) in [6.45, 7) is 3.48. The van der Waals surface area contributed by atoms with Gasteiger partial charge in [0.15, 0.2) is 0 Å². The molecule has 3 heterocycles. The Morgan fingerprint density at radius 2 is 2.26 bits per heavy atom. The number of ether oxygens (including phenoxy) is 1. The topological polar surface area (TPSA) is 71.4 Å². The number of benzene rings is 1. The summed E-state index contributed by atoms with van der Waals surface area (Å²) in [4.78, 5) is 14.8. The van der Waals surface area contributed by atoms with Gasteiger partial charge < -0.3 is 14.1 Å². The Morgan fingerprint density at radius 1 is 1.35 bits per heavy atom. The fraction of sp³-hybridized carbons (Fsp3) is 0.294. The van der Waals surface area contributed by atoms with Crippen molar-refractivity contribution >= 4 is 16.9 Å². The second-order valence-electron chi connectivity index (χ2n) is 5.71. The molecule has 1 aromatic carbocycles. The highest BCUT2D eigenvalue weighted by Crippen LogP contribution is 2.26. The SMILES string of the molecule is Cc1cc2cc(C(=O)N3CCOC[C@@H]3c3ccn[nH]3)ccc2o1. The molecule has 1 aliphatic rings. The number of hydrogen-bond donors (Lipinski definition) is 1. The van der Waals surface area contributed by atoms with E-state index in [4.69, 9.17) is 9.15 Å². The van der Waals surface area contributed by atoms with Gasteiger partial charge >= 0.3 is 0 Å². The highest BCUT2D eigenvalue weighted by Gasteiger charge is 2.30. The fourth-order valence-electron chi connectivity index (χ4n) is 3.03. The van der Waals surface area contributed by atoms with Crippen molar-refractivity contribution in [3.05, 3.63) is 53.5 Å². The Kier molecular flexibility index (Phi) is 3.38. The molecule has 1 aliphatic heterocycles. The van der Waals surface area contributed by atoms with Gasteiger partial charge in [0.05, 0.1) is 24.9 Å². The molecule has 0 saturated carbocycles. The van der Waals surface area contributed by atoms with Crippen LogP contribution in [0.3, 0.4) is 0 Å². The second kappa shape index (κ2) is 5.55. The zero-order valence-electron chi connectivity index (χ0n) is 12.8. The highest BCUT2D eigenvalue weighted by atomic mass is 16.5. The number of aromatic nitrogens is 2. The summed E-state index contributed by atoms with van der Waals surface area (Å²) in [5, 5.41) is 7.86. The summed E-state index contributed by atoms with van der Waals surface area (Å²) in [5.74, 6) is 0.833. The van der Waals surface area contributed by atoms with E-state index in [0.717, 1.165) is 22.4 Å². The quantitative estimate of drug-likeness (QED) is 0.790. The van der Waals surface area contributed by atoms with Gasteiger partial charge in [0.1, 0.15) is 11.3 Å². The first-order chi connectivity index (χ1) is 11.2. The van der Waals surface area contributed by atoms with E-state index in [-0.39, 0.29) is 11.9 Å². The number of aromatic amines is 1. The van der Waals surface area contributed by atoms with E-state index in [2.05, 4.69) is 10.2 Å². The number of aryl methyl sites for hydroxylation is 1. The van der Waals surface area contributed by atoms with Crippen LogP contribution in [0.1, 0.15) is 27.9 Å². The lowest BCUT2D eigenvalue weighted by molar-refractivity contribution is -0.00390.